The number of hydrogen-bond donors (Lipinski definition) is 1. The number of carbonyl (C=O) groups excluding carboxylic acids is 1. The fraction of sp³-hybridized carbons (Fsp3) is 0.929. The first-order chi connectivity index (χ1) is 8.15. The third kappa shape index (κ3) is 5.07. The van der Waals surface area contributed by atoms with Crippen molar-refractivity contribution in [2.45, 2.75) is 70.9 Å². The minimum atomic E-state index is -0.0376. The second kappa shape index (κ2) is 7.70. The van der Waals surface area contributed by atoms with Gasteiger partial charge in [-0.2, -0.15) is 0 Å². The normalized spacial score (nSPS) is 20.4. The predicted octanol–water partition coefficient (Wildman–Crippen LogP) is 2.56. The molecule has 1 saturated carbocycles. The number of hydrogen-bond acceptors (Lipinski definition) is 2. The zero-order chi connectivity index (χ0) is 12.7. The Bertz CT molecular complexity index is 222. The summed E-state index contributed by atoms with van der Waals surface area (Å²) in [6.07, 6.45) is 9.18. The molecule has 0 saturated heterocycles. The van der Waals surface area contributed by atoms with E-state index in [9.17, 15) is 4.79 Å². The Kier molecular flexibility index (Phi) is 6.56. The molecule has 1 fully saturated rings. The molecule has 100 valence electrons. The molecule has 1 aliphatic rings. The van der Waals surface area contributed by atoms with Gasteiger partial charge in [-0.1, -0.05) is 32.1 Å². The Morgan fingerprint density at radius 3 is 2.29 bits per heavy atom. The molecule has 1 N–H and O–H groups in total. The average molecular weight is 240 g/mol. The lowest BCUT2D eigenvalue weighted by molar-refractivity contribution is -0.131. The smallest absolute Gasteiger partial charge is 0.239 e. The van der Waals surface area contributed by atoms with Crippen LogP contribution in [0, 0.1) is 0 Å². The molecule has 0 aromatic heterocycles. The van der Waals surface area contributed by atoms with Crippen LogP contribution in [0.4, 0.5) is 0 Å². The molecule has 0 aromatic carbocycles. The Hall–Kier alpha value is -0.570. The summed E-state index contributed by atoms with van der Waals surface area (Å²) in [6, 6.07) is 0.504. The number of nitrogens with one attached hydrogen (secondary N) is 1. The summed E-state index contributed by atoms with van der Waals surface area (Å²) < 4.78 is 0. The zero-order valence-corrected chi connectivity index (χ0v) is 11.7. The number of carbonyl (C=O) groups is 1. The molecular formula is C14H28N2O. The van der Waals surface area contributed by atoms with Crippen LogP contribution in [0.3, 0.4) is 0 Å². The quantitative estimate of drug-likeness (QED) is 0.819. The Balaban J connectivity index is 2.37. The maximum absolute atomic E-state index is 12.0. The summed E-state index contributed by atoms with van der Waals surface area (Å²) in [7, 11) is 1.87. The molecule has 0 radical (unpaired) electrons. The van der Waals surface area contributed by atoms with Gasteiger partial charge in [0.2, 0.25) is 5.91 Å². The maximum atomic E-state index is 12.0. The van der Waals surface area contributed by atoms with E-state index in [4.69, 9.17) is 0 Å². The van der Waals surface area contributed by atoms with Gasteiger partial charge in [0.25, 0.3) is 0 Å². The lowest BCUT2D eigenvalue weighted by Gasteiger charge is -2.27. The molecular weight excluding hydrogens is 212 g/mol. The van der Waals surface area contributed by atoms with Gasteiger partial charge in [-0.25, -0.2) is 0 Å². The molecule has 3 heteroatoms. The summed E-state index contributed by atoms with van der Waals surface area (Å²) in [5.74, 6) is 0.217. The second-order valence-electron chi connectivity index (χ2n) is 5.28. The highest BCUT2D eigenvalue weighted by molar-refractivity contribution is 5.81. The zero-order valence-electron chi connectivity index (χ0n) is 11.7. The average Bonchev–Trinajstić information content (AvgIpc) is 2.30. The number of likely N-dealkylation sites (N-methyl/N-ethyl adjacent to an activating group) is 1. The predicted molar refractivity (Wildman–Crippen MR) is 72.0 cm³/mol. The van der Waals surface area contributed by atoms with Crippen LogP contribution < -0.4 is 5.32 Å². The van der Waals surface area contributed by atoms with Gasteiger partial charge in [-0.05, 0) is 26.7 Å². The standard InChI is InChI=1S/C14H28N2O/c1-4-16(3)14(17)12(2)15-13-10-8-6-5-7-9-11-13/h12-13,15H,4-11H2,1-3H3. The van der Waals surface area contributed by atoms with Crippen LogP contribution >= 0.6 is 0 Å². The Morgan fingerprint density at radius 2 is 1.76 bits per heavy atom. The highest BCUT2D eigenvalue weighted by Crippen LogP contribution is 2.17. The minimum absolute atomic E-state index is 0.0376. The molecule has 1 amide bonds. The van der Waals surface area contributed by atoms with Crippen LogP contribution in [0.1, 0.15) is 58.8 Å². The van der Waals surface area contributed by atoms with Crippen LogP contribution in [-0.4, -0.2) is 36.5 Å². The van der Waals surface area contributed by atoms with Crippen molar-refractivity contribution in [1.29, 1.82) is 0 Å². The summed E-state index contributed by atoms with van der Waals surface area (Å²) in [5.41, 5.74) is 0. The van der Waals surface area contributed by atoms with Crippen molar-refractivity contribution in [3.63, 3.8) is 0 Å². The number of rotatable bonds is 4. The molecule has 1 unspecified atom stereocenters. The molecule has 1 atom stereocenters. The Morgan fingerprint density at radius 1 is 1.24 bits per heavy atom. The molecule has 1 aliphatic carbocycles. The van der Waals surface area contributed by atoms with Crippen LogP contribution in [0.15, 0.2) is 0 Å². The van der Waals surface area contributed by atoms with Crippen LogP contribution in [0.5, 0.6) is 0 Å². The summed E-state index contributed by atoms with van der Waals surface area (Å²) in [4.78, 5) is 13.8. The van der Waals surface area contributed by atoms with Crippen molar-refractivity contribution >= 4 is 5.91 Å². The highest BCUT2D eigenvalue weighted by atomic mass is 16.2. The first kappa shape index (κ1) is 14.5. The lowest BCUT2D eigenvalue weighted by atomic mass is 9.96. The van der Waals surface area contributed by atoms with E-state index in [2.05, 4.69) is 5.32 Å². The third-order valence-electron chi connectivity index (χ3n) is 3.81. The van der Waals surface area contributed by atoms with E-state index in [0.717, 1.165) is 6.54 Å². The van der Waals surface area contributed by atoms with Gasteiger partial charge < -0.3 is 10.2 Å². The van der Waals surface area contributed by atoms with E-state index in [0.29, 0.717) is 6.04 Å². The minimum Gasteiger partial charge on any atom is -0.345 e. The lowest BCUT2D eigenvalue weighted by Crippen LogP contribution is -2.47. The SMILES string of the molecule is CCN(C)C(=O)C(C)NC1CCCCCCC1. The molecule has 0 heterocycles. The van der Waals surface area contributed by atoms with Crippen LogP contribution in [0.25, 0.3) is 0 Å². The fourth-order valence-electron chi connectivity index (χ4n) is 2.53. The molecule has 1 rings (SSSR count). The number of nitrogens with zero attached hydrogens (tertiary/aromatic N) is 1. The van der Waals surface area contributed by atoms with Crippen molar-refractivity contribution in [2.75, 3.05) is 13.6 Å². The van der Waals surface area contributed by atoms with Crippen molar-refractivity contribution in [3.8, 4) is 0 Å². The summed E-state index contributed by atoms with van der Waals surface area (Å²) in [6.45, 7) is 4.79. The van der Waals surface area contributed by atoms with E-state index in [1.165, 1.54) is 44.9 Å². The monoisotopic (exact) mass is 240 g/mol. The fourth-order valence-corrected chi connectivity index (χ4v) is 2.53. The van der Waals surface area contributed by atoms with Gasteiger partial charge in [0.1, 0.15) is 0 Å². The molecule has 17 heavy (non-hydrogen) atoms. The van der Waals surface area contributed by atoms with Crippen molar-refractivity contribution in [1.82, 2.24) is 10.2 Å². The van der Waals surface area contributed by atoms with E-state index in [1.54, 1.807) is 4.90 Å². The van der Waals surface area contributed by atoms with E-state index in [-0.39, 0.29) is 11.9 Å². The second-order valence-corrected chi connectivity index (χ2v) is 5.28. The van der Waals surface area contributed by atoms with Gasteiger partial charge >= 0.3 is 0 Å². The topological polar surface area (TPSA) is 32.3 Å². The van der Waals surface area contributed by atoms with E-state index < -0.39 is 0 Å². The van der Waals surface area contributed by atoms with Gasteiger partial charge in [0.05, 0.1) is 6.04 Å². The molecule has 0 aromatic rings. The van der Waals surface area contributed by atoms with Crippen molar-refractivity contribution in [2.24, 2.45) is 0 Å². The maximum Gasteiger partial charge on any atom is 0.239 e. The summed E-state index contributed by atoms with van der Waals surface area (Å²) in [5, 5.41) is 3.51. The van der Waals surface area contributed by atoms with Crippen molar-refractivity contribution < 1.29 is 4.79 Å². The molecule has 3 nitrogen and oxygen atoms in total. The molecule has 0 spiro atoms. The number of amides is 1. The molecule has 0 bridgehead atoms. The summed E-state index contributed by atoms with van der Waals surface area (Å²) >= 11 is 0. The first-order valence-electron chi connectivity index (χ1n) is 7.16. The van der Waals surface area contributed by atoms with Gasteiger partial charge in [0.15, 0.2) is 0 Å². The largest absolute Gasteiger partial charge is 0.345 e. The van der Waals surface area contributed by atoms with Crippen LogP contribution in [-0.2, 0) is 4.79 Å². The van der Waals surface area contributed by atoms with Crippen molar-refractivity contribution in [3.05, 3.63) is 0 Å². The third-order valence-corrected chi connectivity index (χ3v) is 3.81. The van der Waals surface area contributed by atoms with Gasteiger partial charge in [-0.3, -0.25) is 4.79 Å². The van der Waals surface area contributed by atoms with Crippen LogP contribution in [0.2, 0.25) is 0 Å². The van der Waals surface area contributed by atoms with Gasteiger partial charge in [0, 0.05) is 19.6 Å². The van der Waals surface area contributed by atoms with E-state index >= 15 is 0 Å². The highest BCUT2D eigenvalue weighted by Gasteiger charge is 2.20. The Labute approximate surface area is 106 Å². The molecule has 0 aliphatic heterocycles. The first-order valence-corrected chi connectivity index (χ1v) is 7.16. The van der Waals surface area contributed by atoms with E-state index in [1.807, 2.05) is 20.9 Å². The van der Waals surface area contributed by atoms with Gasteiger partial charge in [-0.15, -0.1) is 0 Å².